The van der Waals surface area contributed by atoms with E-state index in [0.717, 1.165) is 19.4 Å². The number of nitrogens with zero attached hydrogens (tertiary/aromatic N) is 1. The van der Waals surface area contributed by atoms with Crippen molar-refractivity contribution in [3.05, 3.63) is 0 Å². The van der Waals surface area contributed by atoms with Gasteiger partial charge in [0.2, 0.25) is 0 Å². The molecule has 1 unspecified atom stereocenters. The molecular formula is C11H18N2O4. The number of piperidine rings is 1. The van der Waals surface area contributed by atoms with Gasteiger partial charge >= 0.3 is 12.1 Å². The Kier molecular flexibility index (Phi) is 3.83. The number of cyclic esters (lactones) is 1. The number of esters is 1. The van der Waals surface area contributed by atoms with Gasteiger partial charge in [-0.3, -0.25) is 9.69 Å². The van der Waals surface area contributed by atoms with E-state index < -0.39 is 0 Å². The molecule has 0 aromatic rings. The topological polar surface area (TPSA) is 67.9 Å². The number of alkyl carbamates (subject to hydrolysis) is 1. The summed E-state index contributed by atoms with van der Waals surface area (Å²) in [6.45, 7) is 2.88. The van der Waals surface area contributed by atoms with Crippen molar-refractivity contribution in [3.63, 3.8) is 0 Å². The monoisotopic (exact) mass is 242 g/mol. The molecule has 0 aromatic carbocycles. The van der Waals surface area contributed by atoms with Crippen LogP contribution in [0.5, 0.6) is 0 Å². The fraction of sp³-hybridized carbons (Fsp3) is 0.818. The number of likely N-dealkylation sites (tertiary alicyclic amines) is 1. The first-order valence-electron chi connectivity index (χ1n) is 5.93. The van der Waals surface area contributed by atoms with E-state index in [1.807, 2.05) is 0 Å². The summed E-state index contributed by atoms with van der Waals surface area (Å²) < 4.78 is 9.84. The van der Waals surface area contributed by atoms with Gasteiger partial charge in [0, 0.05) is 13.1 Å². The van der Waals surface area contributed by atoms with Gasteiger partial charge in [0.15, 0.2) is 0 Å². The predicted octanol–water partition coefficient (Wildman–Crippen LogP) is -0.0202. The molecule has 1 amide bonds. The Bertz CT molecular complexity index is 308. The maximum atomic E-state index is 11.5. The van der Waals surface area contributed by atoms with Gasteiger partial charge in [0.1, 0.15) is 6.10 Å². The molecule has 0 aromatic heterocycles. The number of rotatable bonds is 3. The fourth-order valence-corrected chi connectivity index (χ4v) is 2.40. The van der Waals surface area contributed by atoms with Crippen LogP contribution in [0.1, 0.15) is 12.8 Å². The van der Waals surface area contributed by atoms with E-state index in [0.29, 0.717) is 19.6 Å². The maximum Gasteiger partial charge on any atom is 0.407 e. The van der Waals surface area contributed by atoms with E-state index in [1.54, 1.807) is 0 Å². The first kappa shape index (κ1) is 12.2. The van der Waals surface area contributed by atoms with Crippen molar-refractivity contribution in [2.24, 2.45) is 5.92 Å². The molecule has 0 saturated carbocycles. The van der Waals surface area contributed by atoms with Crippen molar-refractivity contribution in [2.45, 2.75) is 18.9 Å². The molecule has 96 valence electrons. The maximum absolute atomic E-state index is 11.5. The quantitative estimate of drug-likeness (QED) is 0.704. The lowest BCUT2D eigenvalue weighted by molar-refractivity contribution is -0.147. The first-order chi connectivity index (χ1) is 8.19. The number of nitrogens with one attached hydrogen (secondary N) is 1. The Morgan fingerprint density at radius 1 is 1.65 bits per heavy atom. The Hall–Kier alpha value is -1.30. The van der Waals surface area contributed by atoms with Crippen molar-refractivity contribution in [1.29, 1.82) is 0 Å². The minimum atomic E-state index is -0.350. The third-order valence-corrected chi connectivity index (χ3v) is 3.25. The standard InChI is InChI=1S/C11H18N2O4/c1-16-10(14)8-3-2-4-13(6-8)7-9-5-12-11(15)17-9/h8-9H,2-7H2,1H3,(H,12,15)/t8-,9?/m0/s1. The zero-order valence-electron chi connectivity index (χ0n) is 9.98. The van der Waals surface area contributed by atoms with E-state index in [1.165, 1.54) is 7.11 Å². The number of ether oxygens (including phenoxy) is 2. The zero-order valence-corrected chi connectivity index (χ0v) is 9.98. The van der Waals surface area contributed by atoms with Gasteiger partial charge < -0.3 is 14.8 Å². The summed E-state index contributed by atoms with van der Waals surface area (Å²) in [5.74, 6) is -0.185. The molecule has 2 rings (SSSR count). The van der Waals surface area contributed by atoms with E-state index in [2.05, 4.69) is 10.2 Å². The second-order valence-corrected chi connectivity index (χ2v) is 4.53. The molecule has 2 aliphatic rings. The van der Waals surface area contributed by atoms with Crippen LogP contribution in [0.25, 0.3) is 0 Å². The van der Waals surface area contributed by atoms with E-state index in [4.69, 9.17) is 9.47 Å². The molecule has 2 aliphatic heterocycles. The highest BCUT2D eigenvalue weighted by atomic mass is 16.6. The van der Waals surface area contributed by atoms with Gasteiger partial charge in [-0.05, 0) is 19.4 Å². The van der Waals surface area contributed by atoms with Crippen LogP contribution >= 0.6 is 0 Å². The van der Waals surface area contributed by atoms with Crippen LogP contribution in [0.15, 0.2) is 0 Å². The highest BCUT2D eigenvalue weighted by Gasteiger charge is 2.30. The average Bonchev–Trinajstić information content (AvgIpc) is 2.74. The molecule has 17 heavy (non-hydrogen) atoms. The van der Waals surface area contributed by atoms with Gasteiger partial charge in [-0.25, -0.2) is 4.79 Å². The van der Waals surface area contributed by atoms with Crippen LogP contribution in [0.2, 0.25) is 0 Å². The molecule has 0 spiro atoms. The van der Waals surface area contributed by atoms with E-state index in [9.17, 15) is 9.59 Å². The molecule has 2 saturated heterocycles. The third-order valence-electron chi connectivity index (χ3n) is 3.25. The van der Waals surface area contributed by atoms with Crippen molar-refractivity contribution < 1.29 is 19.1 Å². The van der Waals surface area contributed by atoms with Gasteiger partial charge in [-0.1, -0.05) is 0 Å². The van der Waals surface area contributed by atoms with E-state index >= 15 is 0 Å². The molecule has 2 fully saturated rings. The number of hydrogen-bond acceptors (Lipinski definition) is 5. The van der Waals surface area contributed by atoms with Crippen LogP contribution in [0.3, 0.4) is 0 Å². The molecule has 2 atom stereocenters. The van der Waals surface area contributed by atoms with Crippen LogP contribution in [0.4, 0.5) is 4.79 Å². The van der Waals surface area contributed by atoms with Crippen LogP contribution in [-0.4, -0.2) is 56.4 Å². The second kappa shape index (κ2) is 5.35. The molecule has 0 aliphatic carbocycles. The van der Waals surface area contributed by atoms with Gasteiger partial charge in [-0.15, -0.1) is 0 Å². The lowest BCUT2D eigenvalue weighted by Gasteiger charge is -2.32. The van der Waals surface area contributed by atoms with Crippen molar-refractivity contribution in [1.82, 2.24) is 10.2 Å². The normalized spacial score (nSPS) is 29.6. The summed E-state index contributed by atoms with van der Waals surface area (Å²) in [6, 6.07) is 0. The third kappa shape index (κ3) is 3.09. The molecular weight excluding hydrogens is 224 g/mol. The summed E-state index contributed by atoms with van der Waals surface area (Å²) >= 11 is 0. The number of hydrogen-bond donors (Lipinski definition) is 1. The highest BCUT2D eigenvalue weighted by molar-refractivity contribution is 5.72. The molecule has 0 bridgehead atoms. The number of amides is 1. The number of methoxy groups -OCH3 is 1. The summed E-state index contributed by atoms with van der Waals surface area (Å²) in [7, 11) is 1.42. The highest BCUT2D eigenvalue weighted by Crippen LogP contribution is 2.18. The Labute approximate surface area is 100 Å². The Morgan fingerprint density at radius 3 is 3.12 bits per heavy atom. The molecule has 2 heterocycles. The van der Waals surface area contributed by atoms with Crippen LogP contribution < -0.4 is 5.32 Å². The summed E-state index contributed by atoms with van der Waals surface area (Å²) in [5, 5.41) is 2.62. The molecule has 1 N–H and O–H groups in total. The average molecular weight is 242 g/mol. The van der Waals surface area contributed by atoms with Gasteiger partial charge in [-0.2, -0.15) is 0 Å². The lowest BCUT2D eigenvalue weighted by Crippen LogP contribution is -2.43. The van der Waals surface area contributed by atoms with Crippen molar-refractivity contribution in [3.8, 4) is 0 Å². The summed E-state index contributed by atoms with van der Waals surface area (Å²) in [6.07, 6.45) is 1.41. The SMILES string of the molecule is COC(=O)[C@H]1CCCN(CC2CNC(=O)O2)C1. The zero-order chi connectivity index (χ0) is 12.3. The van der Waals surface area contributed by atoms with Gasteiger partial charge in [0.05, 0.1) is 19.6 Å². The smallest absolute Gasteiger partial charge is 0.407 e. The Balaban J connectivity index is 1.81. The first-order valence-corrected chi connectivity index (χ1v) is 5.93. The fourth-order valence-electron chi connectivity index (χ4n) is 2.40. The summed E-state index contributed by atoms with van der Waals surface area (Å²) in [5.41, 5.74) is 0. The molecule has 0 radical (unpaired) electrons. The predicted molar refractivity (Wildman–Crippen MR) is 59.5 cm³/mol. The lowest BCUT2D eigenvalue weighted by atomic mass is 9.98. The van der Waals surface area contributed by atoms with Gasteiger partial charge in [0.25, 0.3) is 0 Å². The van der Waals surface area contributed by atoms with Crippen molar-refractivity contribution in [2.75, 3.05) is 33.3 Å². The van der Waals surface area contributed by atoms with Crippen LogP contribution in [-0.2, 0) is 14.3 Å². The van der Waals surface area contributed by atoms with Crippen LogP contribution in [0, 0.1) is 5.92 Å². The molecule has 6 heteroatoms. The summed E-state index contributed by atoms with van der Waals surface area (Å²) in [4.78, 5) is 24.5. The van der Waals surface area contributed by atoms with E-state index in [-0.39, 0.29) is 24.1 Å². The number of carbonyl (C=O) groups excluding carboxylic acids is 2. The minimum absolute atomic E-state index is 0.0428. The molecule has 6 nitrogen and oxygen atoms in total. The largest absolute Gasteiger partial charge is 0.469 e. The van der Waals surface area contributed by atoms with Crippen molar-refractivity contribution >= 4 is 12.1 Å². The second-order valence-electron chi connectivity index (χ2n) is 4.53. The minimum Gasteiger partial charge on any atom is -0.469 e. The Morgan fingerprint density at radius 2 is 2.47 bits per heavy atom. The number of carbonyl (C=O) groups is 2.